The van der Waals surface area contributed by atoms with Gasteiger partial charge in [-0.15, -0.1) is 0 Å². The fourth-order valence-electron chi connectivity index (χ4n) is 3.78. The monoisotopic (exact) mass is 475 g/mol. The molecular weight excluding hydrogens is 448 g/mol. The van der Waals surface area contributed by atoms with E-state index in [1.807, 2.05) is 6.07 Å². The van der Waals surface area contributed by atoms with Gasteiger partial charge >= 0.3 is 0 Å². The first-order valence-electron chi connectivity index (χ1n) is 9.33. The second kappa shape index (κ2) is 9.21. The molecule has 1 fully saturated rings. The van der Waals surface area contributed by atoms with E-state index in [1.54, 1.807) is 0 Å². The van der Waals surface area contributed by atoms with Crippen molar-refractivity contribution in [1.82, 2.24) is 10.2 Å². The molecule has 0 bridgehead atoms. The number of hydrogen-bond donors (Lipinski definition) is 2. The van der Waals surface area contributed by atoms with Crippen molar-refractivity contribution in [3.8, 4) is 5.75 Å². The summed E-state index contributed by atoms with van der Waals surface area (Å²) in [4.78, 5) is 15.0. The van der Waals surface area contributed by atoms with E-state index < -0.39 is 0 Å². The number of carbonyl (C=O) groups excluding carboxylic acids is 1. The van der Waals surface area contributed by atoms with Crippen LogP contribution in [-0.4, -0.2) is 50.3 Å². The highest BCUT2D eigenvalue weighted by atomic mass is 127. The largest absolute Gasteiger partial charge is 0.492 e. The Bertz CT molecular complexity index is 648. The Hall–Kier alpha value is -1.09. The fraction of sp³-hybridized carbons (Fsp3) is 0.632. The first kappa shape index (κ1) is 19.7. The van der Waals surface area contributed by atoms with Gasteiger partial charge in [-0.05, 0) is 56.3 Å². The third kappa shape index (κ3) is 4.42. The predicted molar refractivity (Wildman–Crippen MR) is 110 cm³/mol. The lowest BCUT2D eigenvalue weighted by atomic mass is 9.95. The molecule has 0 spiro atoms. The van der Waals surface area contributed by atoms with Crippen molar-refractivity contribution in [2.75, 3.05) is 45.2 Å². The number of halogens is 2. The second-order valence-electron chi connectivity index (χ2n) is 7.07. The lowest BCUT2D eigenvalue weighted by Crippen LogP contribution is -2.39. The van der Waals surface area contributed by atoms with Gasteiger partial charge in [-0.25, -0.2) is 4.39 Å². The van der Waals surface area contributed by atoms with E-state index in [0.717, 1.165) is 60.0 Å². The summed E-state index contributed by atoms with van der Waals surface area (Å²) >= 11 is 2.28. The van der Waals surface area contributed by atoms with Crippen LogP contribution in [0.3, 0.4) is 0 Å². The Morgan fingerprint density at radius 2 is 2.19 bits per heavy atom. The van der Waals surface area contributed by atoms with Gasteiger partial charge in [0.1, 0.15) is 12.4 Å². The van der Waals surface area contributed by atoms with Gasteiger partial charge in [0.15, 0.2) is 0 Å². The molecule has 0 aliphatic carbocycles. The summed E-state index contributed by atoms with van der Waals surface area (Å²) in [7, 11) is 0. The van der Waals surface area contributed by atoms with Crippen LogP contribution in [0.25, 0.3) is 0 Å². The Kier molecular flexibility index (Phi) is 6.97. The van der Waals surface area contributed by atoms with E-state index in [0.29, 0.717) is 36.9 Å². The standard InChI is InChI=1S/C19H27FIN3O2/c20-5-8-24-6-3-13(4-7-24)12-23-19(25)16-10-14(11-21)17(22)15-2-1-9-26-18(15)16/h10,13H,1-9,11-12,22H2,(H,23,25). The minimum Gasteiger partial charge on any atom is -0.492 e. The van der Waals surface area contributed by atoms with Gasteiger partial charge in [-0.3, -0.25) is 4.79 Å². The summed E-state index contributed by atoms with van der Waals surface area (Å²) in [6.45, 7) is 3.33. The second-order valence-corrected chi connectivity index (χ2v) is 7.84. The van der Waals surface area contributed by atoms with Crippen LogP contribution in [0.4, 0.5) is 10.1 Å². The normalized spacial score (nSPS) is 18.2. The molecule has 1 aromatic rings. The number of carbonyl (C=O) groups is 1. The Balaban J connectivity index is 1.65. The maximum absolute atomic E-state index is 12.8. The van der Waals surface area contributed by atoms with Gasteiger partial charge in [-0.1, -0.05) is 22.6 Å². The van der Waals surface area contributed by atoms with E-state index in [1.165, 1.54) is 0 Å². The number of nitrogens with two attached hydrogens (primary N) is 1. The summed E-state index contributed by atoms with van der Waals surface area (Å²) in [6.07, 6.45) is 3.78. The van der Waals surface area contributed by atoms with E-state index in [4.69, 9.17) is 10.5 Å². The van der Waals surface area contributed by atoms with Crippen LogP contribution >= 0.6 is 22.6 Å². The van der Waals surface area contributed by atoms with Crippen molar-refractivity contribution in [3.63, 3.8) is 0 Å². The molecule has 5 nitrogen and oxygen atoms in total. The van der Waals surface area contributed by atoms with Crippen LogP contribution in [-0.2, 0) is 10.8 Å². The number of nitrogen functional groups attached to an aromatic ring is 1. The van der Waals surface area contributed by atoms with Crippen molar-refractivity contribution in [1.29, 1.82) is 0 Å². The number of fused-ring (bicyclic) bond motifs is 1. The van der Waals surface area contributed by atoms with Crippen LogP contribution in [0.2, 0.25) is 0 Å². The van der Waals surface area contributed by atoms with Crippen LogP contribution in [0.5, 0.6) is 5.75 Å². The van der Waals surface area contributed by atoms with Gasteiger partial charge in [0.05, 0.1) is 12.2 Å². The quantitative estimate of drug-likeness (QED) is 0.377. The molecule has 1 amide bonds. The molecule has 0 saturated carbocycles. The molecule has 144 valence electrons. The van der Waals surface area contributed by atoms with Gasteiger partial charge in [0, 0.05) is 28.8 Å². The SMILES string of the molecule is Nc1c(CI)cc(C(=O)NCC2CCN(CCF)CC2)c2c1CCCO2. The molecule has 26 heavy (non-hydrogen) atoms. The molecule has 2 heterocycles. The smallest absolute Gasteiger partial charge is 0.255 e. The first-order chi connectivity index (χ1) is 12.6. The molecule has 0 atom stereocenters. The van der Waals surface area contributed by atoms with Crippen molar-refractivity contribution in [2.45, 2.75) is 30.1 Å². The Morgan fingerprint density at radius 3 is 2.88 bits per heavy atom. The third-order valence-corrected chi connectivity index (χ3v) is 6.20. The van der Waals surface area contributed by atoms with Crippen LogP contribution < -0.4 is 15.8 Å². The van der Waals surface area contributed by atoms with E-state index in [9.17, 15) is 9.18 Å². The van der Waals surface area contributed by atoms with Gasteiger partial charge in [0.25, 0.3) is 5.91 Å². The maximum Gasteiger partial charge on any atom is 0.255 e. The van der Waals surface area contributed by atoms with Gasteiger partial charge < -0.3 is 20.7 Å². The Morgan fingerprint density at radius 1 is 1.42 bits per heavy atom. The molecule has 0 unspecified atom stereocenters. The van der Waals surface area contributed by atoms with Crippen molar-refractivity contribution in [3.05, 3.63) is 22.8 Å². The number of ether oxygens (including phenoxy) is 1. The lowest BCUT2D eigenvalue weighted by Gasteiger charge is -2.31. The molecule has 0 radical (unpaired) electrons. The number of benzene rings is 1. The van der Waals surface area contributed by atoms with Crippen LogP contribution in [0, 0.1) is 5.92 Å². The number of rotatable bonds is 6. The van der Waals surface area contributed by atoms with Crippen LogP contribution in [0.15, 0.2) is 6.07 Å². The number of nitrogens with one attached hydrogen (secondary N) is 1. The number of hydrogen-bond acceptors (Lipinski definition) is 4. The molecule has 2 aliphatic rings. The maximum atomic E-state index is 12.8. The molecule has 0 aromatic heterocycles. The molecule has 1 aromatic carbocycles. The zero-order valence-corrected chi connectivity index (χ0v) is 17.2. The van der Waals surface area contributed by atoms with Gasteiger partial charge in [0.2, 0.25) is 0 Å². The number of amides is 1. The number of alkyl halides is 2. The summed E-state index contributed by atoms with van der Waals surface area (Å²) in [6, 6.07) is 1.88. The zero-order chi connectivity index (χ0) is 18.5. The highest BCUT2D eigenvalue weighted by Crippen LogP contribution is 2.37. The van der Waals surface area contributed by atoms with Crippen molar-refractivity contribution < 1.29 is 13.9 Å². The number of piperidine rings is 1. The molecular formula is C19H27FIN3O2. The molecule has 1 saturated heterocycles. The van der Waals surface area contributed by atoms with Crippen molar-refractivity contribution >= 4 is 34.2 Å². The average molecular weight is 475 g/mol. The van der Waals surface area contributed by atoms with Crippen LogP contribution in [0.1, 0.15) is 40.7 Å². The minimum atomic E-state index is -0.289. The third-order valence-electron chi connectivity index (χ3n) is 5.37. The predicted octanol–water partition coefficient (Wildman–Crippen LogP) is 2.94. The number of nitrogens with zero attached hydrogens (tertiary/aromatic N) is 1. The number of likely N-dealkylation sites (tertiary alicyclic amines) is 1. The first-order valence-corrected chi connectivity index (χ1v) is 10.9. The summed E-state index contributed by atoms with van der Waals surface area (Å²) in [5.74, 6) is 1.03. The lowest BCUT2D eigenvalue weighted by molar-refractivity contribution is 0.0930. The Labute approximate surface area is 168 Å². The van der Waals surface area contributed by atoms with E-state index in [2.05, 4.69) is 32.8 Å². The average Bonchev–Trinajstić information content (AvgIpc) is 2.68. The zero-order valence-electron chi connectivity index (χ0n) is 15.0. The summed E-state index contributed by atoms with van der Waals surface area (Å²) < 4.78 is 19.0. The summed E-state index contributed by atoms with van der Waals surface area (Å²) in [5, 5.41) is 3.08. The van der Waals surface area contributed by atoms with E-state index in [-0.39, 0.29) is 12.6 Å². The fourth-order valence-corrected chi connectivity index (χ4v) is 4.41. The van der Waals surface area contributed by atoms with Gasteiger partial charge in [-0.2, -0.15) is 0 Å². The molecule has 7 heteroatoms. The molecule has 3 N–H and O–H groups in total. The van der Waals surface area contributed by atoms with E-state index >= 15 is 0 Å². The topological polar surface area (TPSA) is 67.6 Å². The molecule has 2 aliphatic heterocycles. The molecule has 3 rings (SSSR count). The van der Waals surface area contributed by atoms with Crippen molar-refractivity contribution in [2.24, 2.45) is 5.92 Å². The highest BCUT2D eigenvalue weighted by molar-refractivity contribution is 14.1. The summed E-state index contributed by atoms with van der Waals surface area (Å²) in [5.41, 5.74) is 9.62. The highest BCUT2D eigenvalue weighted by Gasteiger charge is 2.25. The minimum absolute atomic E-state index is 0.0829. The number of anilines is 1.